The lowest BCUT2D eigenvalue weighted by Crippen LogP contribution is -2.35. The average molecular weight is 396 g/mol. The predicted octanol–water partition coefficient (Wildman–Crippen LogP) is 3.08. The molecule has 1 saturated heterocycles. The van der Waals surface area contributed by atoms with Gasteiger partial charge in [0.25, 0.3) is 0 Å². The summed E-state index contributed by atoms with van der Waals surface area (Å²) >= 11 is 1.46. The first-order valence-corrected chi connectivity index (χ1v) is 9.83. The van der Waals surface area contributed by atoms with Crippen molar-refractivity contribution in [2.24, 2.45) is 0 Å². The van der Waals surface area contributed by atoms with E-state index in [2.05, 4.69) is 30.5 Å². The van der Waals surface area contributed by atoms with Crippen LogP contribution in [-0.4, -0.2) is 52.2 Å². The van der Waals surface area contributed by atoms with E-state index in [-0.39, 0.29) is 6.03 Å². The van der Waals surface area contributed by atoms with Crippen molar-refractivity contribution in [3.8, 4) is 10.6 Å². The molecule has 8 nitrogen and oxygen atoms in total. The van der Waals surface area contributed by atoms with E-state index in [0.717, 1.165) is 49.0 Å². The van der Waals surface area contributed by atoms with Gasteiger partial charge in [0.05, 0.1) is 13.2 Å². The first-order chi connectivity index (χ1) is 13.8. The Labute approximate surface area is 166 Å². The highest BCUT2D eigenvalue weighted by Gasteiger charge is 2.12. The molecular weight excluding hydrogens is 376 g/mol. The van der Waals surface area contributed by atoms with Crippen LogP contribution in [0.2, 0.25) is 0 Å². The van der Waals surface area contributed by atoms with Crippen LogP contribution in [0.15, 0.2) is 48.2 Å². The van der Waals surface area contributed by atoms with Gasteiger partial charge in [0.15, 0.2) is 0 Å². The zero-order chi connectivity index (χ0) is 19.2. The molecular formula is C19H20N6O2S. The summed E-state index contributed by atoms with van der Waals surface area (Å²) in [4.78, 5) is 27.3. The van der Waals surface area contributed by atoms with Gasteiger partial charge in [-0.3, -0.25) is 20.5 Å². The van der Waals surface area contributed by atoms with Crippen molar-refractivity contribution in [1.29, 1.82) is 0 Å². The van der Waals surface area contributed by atoms with Gasteiger partial charge in [-0.25, -0.2) is 14.8 Å². The number of rotatable bonds is 5. The third-order valence-corrected chi connectivity index (χ3v) is 5.14. The Balaban J connectivity index is 1.30. The van der Waals surface area contributed by atoms with Gasteiger partial charge >= 0.3 is 6.03 Å². The van der Waals surface area contributed by atoms with Crippen molar-refractivity contribution in [2.45, 2.75) is 6.54 Å². The predicted molar refractivity (Wildman–Crippen MR) is 108 cm³/mol. The molecule has 0 unspecified atom stereocenters. The minimum absolute atomic E-state index is 0.375. The third-order valence-electron chi connectivity index (χ3n) is 4.25. The van der Waals surface area contributed by atoms with Gasteiger partial charge in [-0.2, -0.15) is 0 Å². The lowest BCUT2D eigenvalue weighted by molar-refractivity contribution is 0.0341. The number of thiazole rings is 1. The number of nitrogens with zero attached hydrogens (tertiary/aromatic N) is 4. The fraction of sp³-hybridized carbons (Fsp3) is 0.263. The van der Waals surface area contributed by atoms with Crippen LogP contribution in [0.5, 0.6) is 0 Å². The summed E-state index contributed by atoms with van der Waals surface area (Å²) in [6, 6.07) is 7.16. The van der Waals surface area contributed by atoms with Crippen LogP contribution < -0.4 is 10.6 Å². The number of morpholine rings is 1. The average Bonchev–Trinajstić information content (AvgIpc) is 3.19. The molecule has 3 aromatic rings. The fourth-order valence-corrected chi connectivity index (χ4v) is 3.59. The molecule has 4 rings (SSSR count). The molecule has 0 bridgehead atoms. The van der Waals surface area contributed by atoms with Crippen LogP contribution in [0.4, 0.5) is 16.4 Å². The normalized spacial score (nSPS) is 14.6. The highest BCUT2D eigenvalue weighted by molar-refractivity contribution is 7.13. The summed E-state index contributed by atoms with van der Waals surface area (Å²) in [5.41, 5.74) is 2.07. The standard InChI is InChI=1S/C19H20N6O2S/c26-19(24-17-13-28-18(22-17)15-3-5-20-6-4-15)23-16-2-1-14(11-21-16)12-25-7-9-27-10-8-25/h1-6,11,13H,7-10,12H2,(H2,21,23,24,26). The number of ether oxygens (including phenoxy) is 1. The monoisotopic (exact) mass is 396 g/mol. The van der Waals surface area contributed by atoms with E-state index < -0.39 is 0 Å². The fourth-order valence-electron chi connectivity index (χ4n) is 2.83. The molecule has 1 aliphatic heterocycles. The molecule has 2 N–H and O–H groups in total. The molecule has 4 heterocycles. The topological polar surface area (TPSA) is 92.3 Å². The first kappa shape index (κ1) is 18.5. The number of amides is 2. The third kappa shape index (κ3) is 4.89. The number of carbonyl (C=O) groups excluding carboxylic acids is 1. The van der Waals surface area contributed by atoms with Crippen LogP contribution in [0, 0.1) is 0 Å². The van der Waals surface area contributed by atoms with Crippen LogP contribution in [0.1, 0.15) is 5.56 Å². The molecule has 0 aromatic carbocycles. The van der Waals surface area contributed by atoms with Crippen molar-refractivity contribution in [1.82, 2.24) is 19.9 Å². The van der Waals surface area contributed by atoms with Gasteiger partial charge < -0.3 is 4.74 Å². The van der Waals surface area contributed by atoms with E-state index in [4.69, 9.17) is 4.74 Å². The van der Waals surface area contributed by atoms with Gasteiger partial charge in [-0.1, -0.05) is 6.07 Å². The van der Waals surface area contributed by atoms with Crippen LogP contribution in [-0.2, 0) is 11.3 Å². The molecule has 144 valence electrons. The van der Waals surface area contributed by atoms with Crippen LogP contribution in [0.3, 0.4) is 0 Å². The number of carbonyl (C=O) groups is 1. The number of urea groups is 1. The number of nitrogens with one attached hydrogen (secondary N) is 2. The van der Waals surface area contributed by atoms with Crippen LogP contribution in [0.25, 0.3) is 10.6 Å². The van der Waals surface area contributed by atoms with E-state index >= 15 is 0 Å². The van der Waals surface area contributed by atoms with Gasteiger partial charge in [-0.15, -0.1) is 11.3 Å². The van der Waals surface area contributed by atoms with Crippen molar-refractivity contribution in [3.05, 3.63) is 53.8 Å². The van der Waals surface area contributed by atoms with E-state index in [9.17, 15) is 4.79 Å². The number of hydrogen-bond acceptors (Lipinski definition) is 7. The summed E-state index contributed by atoms with van der Waals surface area (Å²) in [5, 5.41) is 8.08. The van der Waals surface area contributed by atoms with E-state index in [1.807, 2.05) is 18.2 Å². The number of anilines is 2. The maximum absolute atomic E-state index is 12.2. The highest BCUT2D eigenvalue weighted by Crippen LogP contribution is 2.25. The SMILES string of the molecule is O=C(Nc1ccc(CN2CCOCC2)cn1)Nc1csc(-c2ccncc2)n1. The molecule has 0 atom stereocenters. The summed E-state index contributed by atoms with van der Waals surface area (Å²) in [5.74, 6) is 0.992. The van der Waals surface area contributed by atoms with Crippen LogP contribution >= 0.6 is 11.3 Å². The van der Waals surface area contributed by atoms with Crippen molar-refractivity contribution >= 4 is 29.0 Å². The minimum Gasteiger partial charge on any atom is -0.379 e. The Bertz CT molecular complexity index is 910. The Morgan fingerprint density at radius 3 is 2.64 bits per heavy atom. The molecule has 0 saturated carbocycles. The second-order valence-corrected chi connectivity index (χ2v) is 7.15. The smallest absolute Gasteiger partial charge is 0.326 e. The van der Waals surface area contributed by atoms with Gasteiger partial charge in [0.2, 0.25) is 0 Å². The second-order valence-electron chi connectivity index (χ2n) is 6.29. The van der Waals surface area contributed by atoms with Crippen molar-refractivity contribution in [3.63, 3.8) is 0 Å². The molecule has 9 heteroatoms. The Hall–Kier alpha value is -2.88. The Kier molecular flexibility index (Phi) is 5.86. The number of hydrogen-bond donors (Lipinski definition) is 2. The number of aromatic nitrogens is 3. The maximum Gasteiger partial charge on any atom is 0.326 e. The Morgan fingerprint density at radius 2 is 1.89 bits per heavy atom. The summed E-state index contributed by atoms with van der Waals surface area (Å²) in [6.45, 7) is 4.23. The molecule has 0 spiro atoms. The maximum atomic E-state index is 12.2. The second kappa shape index (κ2) is 8.87. The molecule has 2 amide bonds. The summed E-state index contributed by atoms with van der Waals surface area (Å²) in [6.07, 6.45) is 5.21. The molecule has 1 aliphatic rings. The number of pyridine rings is 2. The quantitative estimate of drug-likeness (QED) is 0.689. The minimum atomic E-state index is -0.375. The zero-order valence-electron chi connectivity index (χ0n) is 15.2. The lowest BCUT2D eigenvalue weighted by Gasteiger charge is -2.26. The van der Waals surface area contributed by atoms with Gasteiger partial charge in [0.1, 0.15) is 16.6 Å². The van der Waals surface area contributed by atoms with Gasteiger partial charge in [0, 0.05) is 49.2 Å². The molecule has 28 heavy (non-hydrogen) atoms. The summed E-state index contributed by atoms with van der Waals surface area (Å²) < 4.78 is 5.36. The molecule has 1 fully saturated rings. The van der Waals surface area contributed by atoms with E-state index in [1.165, 1.54) is 11.3 Å². The lowest BCUT2D eigenvalue weighted by atomic mass is 10.2. The summed E-state index contributed by atoms with van der Waals surface area (Å²) in [7, 11) is 0. The molecule has 0 aliphatic carbocycles. The Morgan fingerprint density at radius 1 is 1.11 bits per heavy atom. The van der Waals surface area contributed by atoms with Crippen molar-refractivity contribution < 1.29 is 9.53 Å². The largest absolute Gasteiger partial charge is 0.379 e. The highest BCUT2D eigenvalue weighted by atomic mass is 32.1. The molecule has 0 radical (unpaired) electrons. The zero-order valence-corrected chi connectivity index (χ0v) is 16.0. The van der Waals surface area contributed by atoms with E-state index in [0.29, 0.717) is 11.6 Å². The first-order valence-electron chi connectivity index (χ1n) is 8.95. The van der Waals surface area contributed by atoms with E-state index in [1.54, 1.807) is 30.0 Å². The van der Waals surface area contributed by atoms with Gasteiger partial charge in [-0.05, 0) is 23.8 Å². The molecule has 3 aromatic heterocycles. The van der Waals surface area contributed by atoms with Crippen molar-refractivity contribution in [2.75, 3.05) is 36.9 Å².